The molecule has 1 heterocycles. The molecular formula is C14H11F3N2O3S. The van der Waals surface area contributed by atoms with Crippen LogP contribution in [0.4, 0.5) is 18.3 Å². The van der Waals surface area contributed by atoms with E-state index in [-0.39, 0.29) is 22.1 Å². The lowest BCUT2D eigenvalue weighted by molar-refractivity contribution is -0.135. The molecule has 1 N–H and O–H groups in total. The molecule has 5 nitrogen and oxygen atoms in total. The molecule has 1 amide bonds. The van der Waals surface area contributed by atoms with Gasteiger partial charge in [-0.2, -0.15) is 13.2 Å². The molecule has 0 saturated carbocycles. The van der Waals surface area contributed by atoms with E-state index in [2.05, 4.69) is 10.3 Å². The van der Waals surface area contributed by atoms with Gasteiger partial charge in [-0.15, -0.1) is 0 Å². The van der Waals surface area contributed by atoms with Crippen LogP contribution in [0.25, 0.3) is 0 Å². The average molecular weight is 344 g/mol. The third kappa shape index (κ3) is 4.07. The zero-order valence-corrected chi connectivity index (χ0v) is 12.8. The smallest absolute Gasteiger partial charge is 0.426 e. The monoisotopic (exact) mass is 344 g/mol. The normalized spacial score (nSPS) is 11.2. The Hall–Kier alpha value is -2.42. The van der Waals surface area contributed by atoms with E-state index >= 15 is 0 Å². The van der Waals surface area contributed by atoms with E-state index in [1.807, 2.05) is 0 Å². The summed E-state index contributed by atoms with van der Waals surface area (Å²) in [7, 11) is 0. The van der Waals surface area contributed by atoms with Crippen molar-refractivity contribution in [2.75, 3.05) is 5.32 Å². The highest BCUT2D eigenvalue weighted by Gasteiger charge is 2.36. The molecule has 0 spiro atoms. The topological polar surface area (TPSA) is 68.3 Å². The van der Waals surface area contributed by atoms with Crippen LogP contribution in [0.5, 0.6) is 5.75 Å². The summed E-state index contributed by atoms with van der Waals surface area (Å²) in [4.78, 5) is 26.0. The summed E-state index contributed by atoms with van der Waals surface area (Å²) >= 11 is 0.333. The van der Waals surface area contributed by atoms with Crippen LogP contribution in [-0.4, -0.2) is 16.9 Å². The zero-order chi connectivity index (χ0) is 17.2. The number of halogens is 3. The van der Waals surface area contributed by atoms with Crippen LogP contribution in [0.1, 0.15) is 27.9 Å². The van der Waals surface area contributed by atoms with Gasteiger partial charge in [-0.1, -0.05) is 23.5 Å². The molecule has 0 aliphatic rings. The minimum absolute atomic E-state index is 0.0156. The second kappa shape index (κ2) is 6.37. The summed E-state index contributed by atoms with van der Waals surface area (Å²) in [6, 6.07) is 5.89. The van der Waals surface area contributed by atoms with Crippen LogP contribution in [0.3, 0.4) is 0 Å². The predicted octanol–water partition coefficient (Wildman–Crippen LogP) is 3.65. The number of ether oxygens (including phenoxy) is 1. The molecule has 0 unspecified atom stereocenters. The summed E-state index contributed by atoms with van der Waals surface area (Å²) in [5.74, 6) is -1.32. The number of nitrogens with one attached hydrogen (secondary N) is 1. The van der Waals surface area contributed by atoms with Gasteiger partial charge < -0.3 is 4.74 Å². The van der Waals surface area contributed by atoms with Gasteiger partial charge in [0.25, 0.3) is 5.91 Å². The van der Waals surface area contributed by atoms with Gasteiger partial charge in [0.2, 0.25) is 0 Å². The van der Waals surface area contributed by atoms with Gasteiger partial charge in [0.1, 0.15) is 10.6 Å². The number of rotatable bonds is 3. The Bertz CT molecular complexity index is 756. The summed E-state index contributed by atoms with van der Waals surface area (Å²) in [5.41, 5.74) is -0.199. The van der Waals surface area contributed by atoms with E-state index in [4.69, 9.17) is 4.74 Å². The highest BCUT2D eigenvalue weighted by molar-refractivity contribution is 7.16. The number of benzene rings is 1. The van der Waals surface area contributed by atoms with Crippen molar-refractivity contribution in [1.82, 2.24) is 4.98 Å². The minimum Gasteiger partial charge on any atom is -0.426 e. The van der Waals surface area contributed by atoms with Crippen LogP contribution in [0, 0.1) is 6.92 Å². The fourth-order valence-corrected chi connectivity index (χ4v) is 2.60. The van der Waals surface area contributed by atoms with E-state index in [1.165, 1.54) is 32.0 Å². The third-order valence-electron chi connectivity index (χ3n) is 2.66. The second-order valence-electron chi connectivity index (χ2n) is 4.48. The lowest BCUT2D eigenvalue weighted by atomic mass is 10.2. The average Bonchev–Trinajstić information content (AvgIpc) is 2.79. The molecule has 122 valence electrons. The molecule has 0 aliphatic carbocycles. The van der Waals surface area contributed by atoms with E-state index in [0.717, 1.165) is 0 Å². The Labute approximate surface area is 133 Å². The molecule has 1 aromatic heterocycles. The molecule has 0 saturated heterocycles. The summed E-state index contributed by atoms with van der Waals surface area (Å²) < 4.78 is 43.1. The van der Waals surface area contributed by atoms with Crippen molar-refractivity contribution >= 4 is 28.3 Å². The molecule has 1 aromatic carbocycles. The first-order valence-corrected chi connectivity index (χ1v) is 7.13. The SMILES string of the molecule is CC(=O)Oc1ccccc1C(=O)Nc1nc(C)c(C(F)(F)F)s1. The lowest BCUT2D eigenvalue weighted by Crippen LogP contribution is -2.14. The number of carbonyl (C=O) groups excluding carboxylic acids is 2. The number of alkyl halides is 3. The number of aromatic nitrogens is 1. The van der Waals surface area contributed by atoms with Crippen LogP contribution in [0.15, 0.2) is 24.3 Å². The minimum atomic E-state index is -4.53. The van der Waals surface area contributed by atoms with Gasteiger partial charge in [0.05, 0.1) is 11.3 Å². The van der Waals surface area contributed by atoms with Crippen molar-refractivity contribution in [2.24, 2.45) is 0 Å². The number of esters is 1. The largest absolute Gasteiger partial charge is 0.427 e. The molecule has 23 heavy (non-hydrogen) atoms. The maximum absolute atomic E-state index is 12.7. The molecule has 0 atom stereocenters. The molecule has 0 radical (unpaired) electrons. The Morgan fingerprint density at radius 3 is 2.48 bits per heavy atom. The van der Waals surface area contributed by atoms with Crippen molar-refractivity contribution in [2.45, 2.75) is 20.0 Å². The van der Waals surface area contributed by atoms with Gasteiger partial charge in [-0.25, -0.2) is 4.98 Å². The Morgan fingerprint density at radius 2 is 1.91 bits per heavy atom. The van der Waals surface area contributed by atoms with E-state index in [1.54, 1.807) is 6.07 Å². The number of amides is 1. The van der Waals surface area contributed by atoms with Gasteiger partial charge in [0, 0.05) is 6.92 Å². The molecule has 0 aliphatic heterocycles. The lowest BCUT2D eigenvalue weighted by Gasteiger charge is -2.07. The first-order chi connectivity index (χ1) is 10.7. The molecular weight excluding hydrogens is 333 g/mol. The number of anilines is 1. The standard InChI is InChI=1S/C14H11F3N2O3S/c1-7-11(14(15,16)17)23-13(18-7)19-12(21)9-5-3-4-6-10(9)22-8(2)20/h3-6H,1-2H3,(H,18,19,21). The highest BCUT2D eigenvalue weighted by atomic mass is 32.1. The quantitative estimate of drug-likeness (QED) is 0.682. The van der Waals surface area contributed by atoms with Gasteiger partial charge in [-0.05, 0) is 19.1 Å². The van der Waals surface area contributed by atoms with Gasteiger partial charge in [0.15, 0.2) is 5.13 Å². The van der Waals surface area contributed by atoms with Crippen molar-refractivity contribution in [3.63, 3.8) is 0 Å². The van der Waals surface area contributed by atoms with Crippen molar-refractivity contribution in [3.05, 3.63) is 40.4 Å². The Balaban J connectivity index is 2.25. The summed E-state index contributed by atoms with van der Waals surface area (Å²) in [6.07, 6.45) is -4.53. The first kappa shape index (κ1) is 16.9. The van der Waals surface area contributed by atoms with Crippen molar-refractivity contribution in [1.29, 1.82) is 0 Å². The summed E-state index contributed by atoms with van der Waals surface area (Å²) in [6.45, 7) is 2.39. The molecule has 0 bridgehead atoms. The molecule has 2 rings (SSSR count). The number of thiazole rings is 1. The maximum atomic E-state index is 12.7. The Morgan fingerprint density at radius 1 is 1.26 bits per heavy atom. The van der Waals surface area contributed by atoms with E-state index in [0.29, 0.717) is 11.3 Å². The van der Waals surface area contributed by atoms with E-state index < -0.39 is 22.9 Å². The molecule has 0 fully saturated rings. The Kier molecular flexibility index (Phi) is 4.69. The number of hydrogen-bond acceptors (Lipinski definition) is 5. The molecule has 9 heteroatoms. The van der Waals surface area contributed by atoms with Crippen LogP contribution < -0.4 is 10.1 Å². The highest BCUT2D eigenvalue weighted by Crippen LogP contribution is 2.38. The number of para-hydroxylation sites is 1. The van der Waals surface area contributed by atoms with Crippen LogP contribution in [0.2, 0.25) is 0 Å². The van der Waals surface area contributed by atoms with Crippen LogP contribution >= 0.6 is 11.3 Å². The number of carbonyl (C=O) groups is 2. The van der Waals surface area contributed by atoms with Gasteiger partial charge >= 0.3 is 12.1 Å². The maximum Gasteiger partial charge on any atom is 0.427 e. The van der Waals surface area contributed by atoms with Gasteiger partial charge in [-0.3, -0.25) is 14.9 Å². The predicted molar refractivity (Wildman–Crippen MR) is 77.6 cm³/mol. The number of hydrogen-bond donors (Lipinski definition) is 1. The summed E-state index contributed by atoms with van der Waals surface area (Å²) in [5, 5.41) is 2.10. The number of aryl methyl sites for hydroxylation is 1. The first-order valence-electron chi connectivity index (χ1n) is 6.32. The third-order valence-corrected chi connectivity index (χ3v) is 3.78. The molecule has 2 aromatic rings. The van der Waals surface area contributed by atoms with Crippen molar-refractivity contribution < 1.29 is 27.5 Å². The van der Waals surface area contributed by atoms with E-state index in [9.17, 15) is 22.8 Å². The zero-order valence-electron chi connectivity index (χ0n) is 12.0. The van der Waals surface area contributed by atoms with Crippen LogP contribution in [-0.2, 0) is 11.0 Å². The van der Waals surface area contributed by atoms with Crippen molar-refractivity contribution in [3.8, 4) is 5.75 Å². The fraction of sp³-hybridized carbons (Fsp3) is 0.214. The fourth-order valence-electron chi connectivity index (χ4n) is 1.78. The number of nitrogens with zero attached hydrogens (tertiary/aromatic N) is 1. The second-order valence-corrected chi connectivity index (χ2v) is 5.47.